The highest BCUT2D eigenvalue weighted by Gasteiger charge is 2.31. The van der Waals surface area contributed by atoms with E-state index in [-0.39, 0.29) is 11.5 Å². The highest BCUT2D eigenvalue weighted by Crippen LogP contribution is 2.30. The molecule has 0 saturated heterocycles. The van der Waals surface area contributed by atoms with Gasteiger partial charge < -0.3 is 10.1 Å². The van der Waals surface area contributed by atoms with Crippen molar-refractivity contribution in [2.45, 2.75) is 45.9 Å². The van der Waals surface area contributed by atoms with E-state index in [1.165, 1.54) is 13.0 Å². The lowest BCUT2D eigenvalue weighted by Gasteiger charge is -2.19. The van der Waals surface area contributed by atoms with Gasteiger partial charge in [0.05, 0.1) is 11.1 Å². The maximum Gasteiger partial charge on any atom is 0.416 e. The van der Waals surface area contributed by atoms with Gasteiger partial charge in [-0.3, -0.25) is 4.79 Å². The molecule has 0 saturated carbocycles. The van der Waals surface area contributed by atoms with E-state index < -0.39 is 29.7 Å². The third-order valence-corrected chi connectivity index (χ3v) is 4.25. The summed E-state index contributed by atoms with van der Waals surface area (Å²) in [5.74, 6) is -1.39. The number of aryl methyl sites for hydroxylation is 1. The van der Waals surface area contributed by atoms with Gasteiger partial charge in [-0.2, -0.15) is 13.2 Å². The average Bonchev–Trinajstić information content (AvgIpc) is 2.62. The van der Waals surface area contributed by atoms with Crippen LogP contribution in [0, 0.1) is 6.92 Å². The Morgan fingerprint density at radius 3 is 2.29 bits per heavy atom. The van der Waals surface area contributed by atoms with E-state index >= 15 is 0 Å². The molecular formula is C21H22F3NO3. The summed E-state index contributed by atoms with van der Waals surface area (Å²) in [7, 11) is 0. The number of hydrogen-bond acceptors (Lipinski definition) is 3. The summed E-state index contributed by atoms with van der Waals surface area (Å²) in [5.41, 5.74) is 1.21. The lowest BCUT2D eigenvalue weighted by molar-refractivity contribution is -0.137. The van der Waals surface area contributed by atoms with Gasteiger partial charge in [0.1, 0.15) is 0 Å². The summed E-state index contributed by atoms with van der Waals surface area (Å²) < 4.78 is 43.4. The topological polar surface area (TPSA) is 55.4 Å². The summed E-state index contributed by atoms with van der Waals surface area (Å²) in [4.78, 5) is 24.6. The SMILES string of the molecule is Cc1cccc(C(C)C)c1NC(=O)[C@@H](C)OC(=O)c1cccc(C(F)(F)F)c1. The van der Waals surface area contributed by atoms with Crippen molar-refractivity contribution in [3.05, 3.63) is 64.7 Å². The third kappa shape index (κ3) is 5.12. The molecule has 1 amide bonds. The van der Waals surface area contributed by atoms with E-state index in [0.717, 1.165) is 23.3 Å². The number of carbonyl (C=O) groups excluding carboxylic acids is 2. The fourth-order valence-corrected chi connectivity index (χ4v) is 2.67. The van der Waals surface area contributed by atoms with Crippen LogP contribution in [-0.2, 0) is 15.7 Å². The first-order chi connectivity index (χ1) is 13.0. The van der Waals surface area contributed by atoms with Crippen molar-refractivity contribution in [3.8, 4) is 0 Å². The number of para-hydroxylation sites is 1. The van der Waals surface area contributed by atoms with E-state index in [1.807, 2.05) is 39.0 Å². The Bertz CT molecular complexity index is 875. The fraction of sp³-hybridized carbons (Fsp3) is 0.333. The number of rotatable bonds is 5. The molecular weight excluding hydrogens is 371 g/mol. The lowest BCUT2D eigenvalue weighted by Crippen LogP contribution is -2.30. The summed E-state index contributed by atoms with van der Waals surface area (Å²) in [6.07, 6.45) is -5.75. The smallest absolute Gasteiger partial charge is 0.416 e. The van der Waals surface area contributed by atoms with Gasteiger partial charge in [-0.1, -0.05) is 38.1 Å². The minimum atomic E-state index is -4.57. The molecule has 0 heterocycles. The number of amides is 1. The molecule has 150 valence electrons. The van der Waals surface area contributed by atoms with E-state index in [0.29, 0.717) is 11.8 Å². The second-order valence-corrected chi connectivity index (χ2v) is 6.81. The van der Waals surface area contributed by atoms with Crippen LogP contribution in [0.15, 0.2) is 42.5 Å². The average molecular weight is 393 g/mol. The molecule has 1 atom stereocenters. The first-order valence-electron chi connectivity index (χ1n) is 8.79. The zero-order valence-corrected chi connectivity index (χ0v) is 16.1. The zero-order chi connectivity index (χ0) is 21.1. The molecule has 0 aromatic heterocycles. The normalized spacial score (nSPS) is 12.6. The third-order valence-electron chi connectivity index (χ3n) is 4.25. The van der Waals surface area contributed by atoms with Gasteiger partial charge in [0.2, 0.25) is 0 Å². The van der Waals surface area contributed by atoms with Crippen molar-refractivity contribution in [1.29, 1.82) is 0 Å². The minimum Gasteiger partial charge on any atom is -0.449 e. The van der Waals surface area contributed by atoms with Gasteiger partial charge in [-0.25, -0.2) is 4.79 Å². The maximum absolute atomic E-state index is 12.8. The number of esters is 1. The highest BCUT2D eigenvalue weighted by atomic mass is 19.4. The molecule has 0 aliphatic heterocycles. The number of benzene rings is 2. The van der Waals surface area contributed by atoms with E-state index in [4.69, 9.17) is 4.74 Å². The molecule has 1 N–H and O–H groups in total. The van der Waals surface area contributed by atoms with Crippen LogP contribution in [0.4, 0.5) is 18.9 Å². The molecule has 2 aromatic carbocycles. The van der Waals surface area contributed by atoms with Crippen molar-refractivity contribution in [2.24, 2.45) is 0 Å². The molecule has 4 nitrogen and oxygen atoms in total. The predicted molar refractivity (Wildman–Crippen MR) is 100 cm³/mol. The van der Waals surface area contributed by atoms with E-state index in [2.05, 4.69) is 5.32 Å². The molecule has 0 fully saturated rings. The molecule has 0 aliphatic carbocycles. The second-order valence-electron chi connectivity index (χ2n) is 6.81. The van der Waals surface area contributed by atoms with Gasteiger partial charge >= 0.3 is 12.1 Å². The van der Waals surface area contributed by atoms with Crippen molar-refractivity contribution in [2.75, 3.05) is 5.32 Å². The first kappa shape index (κ1) is 21.5. The molecule has 2 aromatic rings. The molecule has 0 spiro atoms. The van der Waals surface area contributed by atoms with Crippen molar-refractivity contribution >= 4 is 17.6 Å². The standard InChI is InChI=1S/C21H22F3NO3/c1-12(2)17-10-5-7-13(3)18(17)25-19(26)14(4)28-20(27)15-8-6-9-16(11-15)21(22,23)24/h5-12,14H,1-4H3,(H,25,26)/t14-/m1/s1. The molecule has 0 radical (unpaired) electrons. The monoisotopic (exact) mass is 393 g/mol. The van der Waals surface area contributed by atoms with Gasteiger partial charge in [0.25, 0.3) is 5.91 Å². The lowest BCUT2D eigenvalue weighted by atomic mass is 9.98. The summed E-state index contributed by atoms with van der Waals surface area (Å²) in [6, 6.07) is 9.52. The van der Waals surface area contributed by atoms with Crippen molar-refractivity contribution in [1.82, 2.24) is 0 Å². The largest absolute Gasteiger partial charge is 0.449 e. The predicted octanol–water partition coefficient (Wildman–Crippen LogP) is 5.32. The van der Waals surface area contributed by atoms with Crippen LogP contribution in [0.3, 0.4) is 0 Å². The van der Waals surface area contributed by atoms with E-state index in [1.54, 1.807) is 0 Å². The number of carbonyl (C=O) groups is 2. The number of alkyl halides is 3. The Labute approximate surface area is 161 Å². The van der Waals surface area contributed by atoms with Crippen molar-refractivity contribution < 1.29 is 27.5 Å². The van der Waals surface area contributed by atoms with Gasteiger partial charge in [-0.05, 0) is 49.1 Å². The fourth-order valence-electron chi connectivity index (χ4n) is 2.67. The summed E-state index contributed by atoms with van der Waals surface area (Å²) >= 11 is 0. The van der Waals surface area contributed by atoms with Gasteiger partial charge in [0, 0.05) is 5.69 Å². The number of halogens is 3. The quantitative estimate of drug-likeness (QED) is 0.700. The van der Waals surface area contributed by atoms with Gasteiger partial charge in [0.15, 0.2) is 6.10 Å². The second kappa shape index (κ2) is 8.46. The first-order valence-corrected chi connectivity index (χ1v) is 8.79. The van der Waals surface area contributed by atoms with Crippen LogP contribution in [0.5, 0.6) is 0 Å². The Kier molecular flexibility index (Phi) is 6.48. The summed E-state index contributed by atoms with van der Waals surface area (Å²) in [5, 5.41) is 2.76. The summed E-state index contributed by atoms with van der Waals surface area (Å²) in [6.45, 7) is 7.19. The molecule has 2 rings (SSSR count). The number of nitrogens with one attached hydrogen (secondary N) is 1. The van der Waals surface area contributed by atoms with E-state index in [9.17, 15) is 22.8 Å². The molecule has 7 heteroatoms. The number of ether oxygens (including phenoxy) is 1. The number of hydrogen-bond donors (Lipinski definition) is 1. The zero-order valence-electron chi connectivity index (χ0n) is 16.1. The Hall–Kier alpha value is -2.83. The number of anilines is 1. The minimum absolute atomic E-state index is 0.165. The van der Waals surface area contributed by atoms with Crippen LogP contribution < -0.4 is 5.32 Å². The molecule has 0 unspecified atom stereocenters. The van der Waals surface area contributed by atoms with Gasteiger partial charge in [-0.15, -0.1) is 0 Å². The van der Waals surface area contributed by atoms with Crippen LogP contribution in [0.1, 0.15) is 53.7 Å². The molecule has 0 aliphatic rings. The molecule has 0 bridgehead atoms. The highest BCUT2D eigenvalue weighted by molar-refractivity contribution is 5.98. The maximum atomic E-state index is 12.8. The Morgan fingerprint density at radius 2 is 1.68 bits per heavy atom. The Balaban J connectivity index is 2.12. The molecule has 28 heavy (non-hydrogen) atoms. The van der Waals surface area contributed by atoms with Crippen LogP contribution in [0.2, 0.25) is 0 Å². The Morgan fingerprint density at radius 1 is 1.04 bits per heavy atom. The van der Waals surface area contributed by atoms with Crippen LogP contribution >= 0.6 is 0 Å². The van der Waals surface area contributed by atoms with Crippen molar-refractivity contribution in [3.63, 3.8) is 0 Å². The van der Waals surface area contributed by atoms with Crippen LogP contribution in [-0.4, -0.2) is 18.0 Å². The van der Waals surface area contributed by atoms with Crippen LogP contribution in [0.25, 0.3) is 0 Å².